The van der Waals surface area contributed by atoms with Crippen LogP contribution >= 0.6 is 0 Å². The predicted octanol–water partition coefficient (Wildman–Crippen LogP) is 13.5. The van der Waals surface area contributed by atoms with Crippen LogP contribution in [0.3, 0.4) is 0 Å². The summed E-state index contributed by atoms with van der Waals surface area (Å²) in [6.45, 7) is 17.8. The Bertz CT molecular complexity index is 2120. The molecule has 0 fully saturated rings. The number of aryl methyl sites for hydroxylation is 7. The van der Waals surface area contributed by atoms with Gasteiger partial charge < -0.3 is 14.2 Å². The largest absolute Gasteiger partial charge is 0.420 e. The Morgan fingerprint density at radius 1 is 0.471 bits per heavy atom. The zero-order valence-electron chi connectivity index (χ0n) is 31.8. The highest BCUT2D eigenvalue weighted by atomic mass is 28.4. The standard InChI is InChI=1S/C47H52N2OSi/c1-33-13-10-16-42(27-33)48(43-17-11-14-34(2)28-43)46-23-20-40(30-37(46)5)41-21-24-47(38(6)31-41)49(44-18-12-15-35(3)29-44)45-22-19-39(36(4)32-45)25-26-51(8,9)50-7/h10-24,27-32H,25-26H2,1-9H3. The van der Waals surface area contributed by atoms with Gasteiger partial charge in [-0.15, -0.1) is 0 Å². The van der Waals surface area contributed by atoms with Crippen molar-refractivity contribution in [2.75, 3.05) is 16.9 Å². The Morgan fingerprint density at radius 2 is 0.902 bits per heavy atom. The Balaban J connectivity index is 1.36. The van der Waals surface area contributed by atoms with Crippen molar-refractivity contribution in [3.63, 3.8) is 0 Å². The van der Waals surface area contributed by atoms with Crippen LogP contribution in [0.5, 0.6) is 0 Å². The van der Waals surface area contributed by atoms with Crippen LogP contribution in [0, 0.1) is 41.5 Å². The van der Waals surface area contributed by atoms with Crippen molar-refractivity contribution in [1.29, 1.82) is 0 Å². The lowest BCUT2D eigenvalue weighted by Crippen LogP contribution is -2.28. The SMILES string of the molecule is CO[Si](C)(C)CCc1ccc(N(c2cccc(C)c2)c2ccc(-c3ccc(N(c4cccc(C)c4)c4cccc(C)c4)c(C)c3)cc2C)cc1C. The Kier molecular flexibility index (Phi) is 10.7. The van der Waals surface area contributed by atoms with Crippen LogP contribution in [-0.4, -0.2) is 15.4 Å². The zero-order valence-corrected chi connectivity index (χ0v) is 32.8. The van der Waals surface area contributed by atoms with Crippen molar-refractivity contribution < 1.29 is 4.43 Å². The van der Waals surface area contributed by atoms with Crippen LogP contribution in [0.2, 0.25) is 19.1 Å². The molecule has 0 radical (unpaired) electrons. The molecule has 0 saturated carbocycles. The van der Waals surface area contributed by atoms with Gasteiger partial charge >= 0.3 is 0 Å². The molecule has 0 atom stereocenters. The summed E-state index contributed by atoms with van der Waals surface area (Å²) in [6, 6.07) is 48.2. The summed E-state index contributed by atoms with van der Waals surface area (Å²) in [6.07, 6.45) is 1.04. The summed E-state index contributed by atoms with van der Waals surface area (Å²) in [5.74, 6) is 0. The first kappa shape index (κ1) is 35.9. The van der Waals surface area contributed by atoms with Crippen LogP contribution in [0.15, 0.2) is 127 Å². The third-order valence-corrected chi connectivity index (χ3v) is 12.7. The number of benzene rings is 6. The Hall–Kier alpha value is -4.90. The first-order chi connectivity index (χ1) is 24.4. The van der Waals surface area contributed by atoms with E-state index in [1.54, 1.807) is 0 Å². The predicted molar refractivity (Wildman–Crippen MR) is 223 cm³/mol. The number of anilines is 6. The van der Waals surface area contributed by atoms with Gasteiger partial charge in [0, 0.05) is 41.2 Å². The maximum absolute atomic E-state index is 5.84. The average molecular weight is 689 g/mol. The van der Waals surface area contributed by atoms with E-state index in [1.165, 1.54) is 72.8 Å². The van der Waals surface area contributed by atoms with Crippen molar-refractivity contribution in [3.8, 4) is 11.1 Å². The molecule has 0 heterocycles. The van der Waals surface area contributed by atoms with Crippen LogP contribution in [0.1, 0.15) is 38.9 Å². The molecule has 0 aromatic heterocycles. The molecule has 0 aliphatic heterocycles. The van der Waals surface area contributed by atoms with E-state index in [-0.39, 0.29) is 0 Å². The first-order valence-electron chi connectivity index (χ1n) is 18.1. The minimum Gasteiger partial charge on any atom is -0.420 e. The molecule has 0 amide bonds. The molecule has 3 nitrogen and oxygen atoms in total. The third-order valence-electron chi connectivity index (χ3n) is 10.1. The highest BCUT2D eigenvalue weighted by Gasteiger charge is 2.22. The molecule has 6 aromatic carbocycles. The third kappa shape index (κ3) is 8.20. The van der Waals surface area contributed by atoms with Crippen molar-refractivity contribution in [2.24, 2.45) is 0 Å². The molecule has 4 heteroatoms. The van der Waals surface area contributed by atoms with E-state index < -0.39 is 8.32 Å². The highest BCUT2D eigenvalue weighted by molar-refractivity contribution is 6.71. The molecule has 0 bridgehead atoms. The molecule has 0 unspecified atom stereocenters. The number of hydrogen-bond donors (Lipinski definition) is 0. The van der Waals surface area contributed by atoms with Gasteiger partial charge in [-0.25, -0.2) is 0 Å². The summed E-state index contributed by atoms with van der Waals surface area (Å²) in [7, 11) is 0.228. The van der Waals surface area contributed by atoms with Gasteiger partial charge in [0.15, 0.2) is 8.32 Å². The van der Waals surface area contributed by atoms with Crippen molar-refractivity contribution in [1.82, 2.24) is 0 Å². The Labute approximate surface area is 307 Å². The molecule has 51 heavy (non-hydrogen) atoms. The molecule has 260 valence electrons. The molecule has 0 aliphatic carbocycles. The molecule has 6 rings (SSSR count). The minimum absolute atomic E-state index is 1.04. The maximum Gasteiger partial charge on any atom is 0.186 e. The molecular weight excluding hydrogens is 637 g/mol. The summed E-state index contributed by atoms with van der Waals surface area (Å²) in [4.78, 5) is 4.79. The van der Waals surface area contributed by atoms with Crippen LogP contribution < -0.4 is 9.80 Å². The fraction of sp³-hybridized carbons (Fsp3) is 0.234. The van der Waals surface area contributed by atoms with E-state index in [4.69, 9.17) is 4.43 Å². The Morgan fingerprint density at radius 3 is 1.27 bits per heavy atom. The van der Waals surface area contributed by atoms with E-state index in [0.717, 1.165) is 23.8 Å². The fourth-order valence-corrected chi connectivity index (χ4v) is 8.04. The number of rotatable bonds is 11. The quantitative estimate of drug-likeness (QED) is 0.126. The maximum atomic E-state index is 5.84. The first-order valence-corrected chi connectivity index (χ1v) is 21.2. The van der Waals surface area contributed by atoms with Crippen molar-refractivity contribution in [3.05, 3.63) is 166 Å². The van der Waals surface area contributed by atoms with Crippen LogP contribution in [0.25, 0.3) is 11.1 Å². The molecular formula is C47H52N2OSi. The van der Waals surface area contributed by atoms with E-state index in [1.807, 2.05) is 7.11 Å². The van der Waals surface area contributed by atoms with Crippen molar-refractivity contribution >= 4 is 42.4 Å². The monoisotopic (exact) mass is 688 g/mol. The minimum atomic E-state index is -1.63. The lowest BCUT2D eigenvalue weighted by atomic mass is 9.98. The highest BCUT2D eigenvalue weighted by Crippen LogP contribution is 2.41. The molecule has 0 aliphatic rings. The summed E-state index contributed by atoms with van der Waals surface area (Å²) in [5, 5.41) is 0. The second-order valence-corrected chi connectivity index (χ2v) is 19.2. The topological polar surface area (TPSA) is 15.7 Å². The number of nitrogens with zero attached hydrogens (tertiary/aromatic N) is 2. The fourth-order valence-electron chi connectivity index (χ4n) is 6.96. The van der Waals surface area contributed by atoms with E-state index >= 15 is 0 Å². The summed E-state index contributed by atoms with van der Waals surface area (Å²) < 4.78 is 5.84. The van der Waals surface area contributed by atoms with E-state index in [9.17, 15) is 0 Å². The zero-order chi connectivity index (χ0) is 36.3. The van der Waals surface area contributed by atoms with E-state index in [2.05, 4.69) is 192 Å². The molecule has 0 N–H and O–H groups in total. The van der Waals surface area contributed by atoms with Gasteiger partial charge in [0.1, 0.15) is 0 Å². The van der Waals surface area contributed by atoms with Gasteiger partial charge in [0.05, 0.1) is 0 Å². The van der Waals surface area contributed by atoms with Gasteiger partial charge in [-0.3, -0.25) is 0 Å². The smallest absolute Gasteiger partial charge is 0.186 e. The van der Waals surface area contributed by atoms with Gasteiger partial charge in [-0.05, 0) is 190 Å². The van der Waals surface area contributed by atoms with E-state index in [0.29, 0.717) is 0 Å². The lowest BCUT2D eigenvalue weighted by molar-refractivity contribution is 0.403. The summed E-state index contributed by atoms with van der Waals surface area (Å²) in [5.41, 5.74) is 18.4. The van der Waals surface area contributed by atoms with Crippen LogP contribution in [0.4, 0.5) is 34.1 Å². The molecule has 0 spiro atoms. The average Bonchev–Trinajstić information content (AvgIpc) is 3.10. The lowest BCUT2D eigenvalue weighted by Gasteiger charge is -2.29. The number of hydrogen-bond acceptors (Lipinski definition) is 3. The van der Waals surface area contributed by atoms with Gasteiger partial charge in [0.25, 0.3) is 0 Å². The normalized spacial score (nSPS) is 11.5. The van der Waals surface area contributed by atoms with Crippen LogP contribution in [-0.2, 0) is 10.8 Å². The summed E-state index contributed by atoms with van der Waals surface area (Å²) >= 11 is 0. The second-order valence-electron chi connectivity index (χ2n) is 14.8. The van der Waals surface area contributed by atoms with Gasteiger partial charge in [-0.2, -0.15) is 0 Å². The van der Waals surface area contributed by atoms with Gasteiger partial charge in [-0.1, -0.05) is 54.6 Å². The molecule has 6 aromatic rings. The second kappa shape index (κ2) is 15.1. The van der Waals surface area contributed by atoms with Crippen molar-refractivity contribution in [2.45, 2.75) is 67.1 Å². The molecule has 0 saturated heterocycles. The van der Waals surface area contributed by atoms with Gasteiger partial charge in [0.2, 0.25) is 0 Å².